The molecule has 4 nitrogen and oxygen atoms in total. The van der Waals surface area contributed by atoms with Crippen LogP contribution in [0.3, 0.4) is 0 Å². The van der Waals surface area contributed by atoms with Crippen molar-refractivity contribution < 1.29 is 9.90 Å². The number of nitrogens with one attached hydrogen (secondary N) is 1. The van der Waals surface area contributed by atoms with Crippen LogP contribution in [0.2, 0.25) is 0 Å². The molecule has 1 aromatic heterocycles. The van der Waals surface area contributed by atoms with Gasteiger partial charge in [0.1, 0.15) is 0 Å². The van der Waals surface area contributed by atoms with Gasteiger partial charge < -0.3 is 5.11 Å². The van der Waals surface area contributed by atoms with E-state index in [4.69, 9.17) is 5.11 Å². The van der Waals surface area contributed by atoms with Crippen LogP contribution in [0.15, 0.2) is 6.20 Å². The molecule has 0 radical (unpaired) electrons. The minimum Gasteiger partial charge on any atom is -0.481 e. The van der Waals surface area contributed by atoms with Gasteiger partial charge >= 0.3 is 5.97 Å². The van der Waals surface area contributed by atoms with Gasteiger partial charge in [-0.1, -0.05) is 0 Å². The van der Waals surface area contributed by atoms with Gasteiger partial charge in [0.15, 0.2) is 0 Å². The zero-order valence-corrected chi connectivity index (χ0v) is 6.58. The Morgan fingerprint density at radius 1 is 1.75 bits per heavy atom. The third-order valence-corrected chi connectivity index (χ3v) is 2.37. The lowest BCUT2D eigenvalue weighted by molar-refractivity contribution is -0.142. The number of hydrogen-bond acceptors (Lipinski definition) is 2. The third-order valence-electron chi connectivity index (χ3n) is 2.37. The van der Waals surface area contributed by atoms with E-state index >= 15 is 0 Å². The highest BCUT2D eigenvalue weighted by Gasteiger charge is 2.24. The van der Waals surface area contributed by atoms with Crippen LogP contribution >= 0.6 is 0 Å². The second-order valence-electron chi connectivity index (χ2n) is 3.15. The first-order chi connectivity index (χ1) is 5.77. The average molecular weight is 166 g/mol. The van der Waals surface area contributed by atoms with Gasteiger partial charge in [-0.25, -0.2) is 0 Å². The summed E-state index contributed by atoms with van der Waals surface area (Å²) in [6.07, 6.45) is 3.89. The summed E-state index contributed by atoms with van der Waals surface area (Å²) in [6.45, 7) is 0. The first-order valence-electron chi connectivity index (χ1n) is 4.01. The predicted octanol–water partition coefficient (Wildman–Crippen LogP) is 0.599. The Hall–Kier alpha value is -1.32. The molecule has 1 aliphatic rings. The maximum Gasteiger partial charge on any atom is 0.306 e. The van der Waals surface area contributed by atoms with Gasteiger partial charge in [-0.2, -0.15) is 5.10 Å². The number of aromatic nitrogens is 2. The van der Waals surface area contributed by atoms with Crippen molar-refractivity contribution in [3.05, 3.63) is 17.5 Å². The number of nitrogens with zero attached hydrogens (tertiary/aromatic N) is 1. The van der Waals surface area contributed by atoms with Crippen molar-refractivity contribution in [1.82, 2.24) is 10.2 Å². The van der Waals surface area contributed by atoms with E-state index in [2.05, 4.69) is 10.2 Å². The number of carboxylic acids is 1. The summed E-state index contributed by atoms with van der Waals surface area (Å²) in [4.78, 5) is 10.7. The molecule has 1 unspecified atom stereocenters. The Balaban J connectivity index is 2.20. The van der Waals surface area contributed by atoms with E-state index in [1.807, 2.05) is 0 Å². The number of fused-ring (bicyclic) bond motifs is 1. The predicted molar refractivity (Wildman–Crippen MR) is 41.7 cm³/mol. The molecule has 1 aliphatic carbocycles. The fourth-order valence-corrected chi connectivity index (χ4v) is 1.63. The van der Waals surface area contributed by atoms with Crippen LogP contribution in [0.4, 0.5) is 0 Å². The van der Waals surface area contributed by atoms with Crippen molar-refractivity contribution in [1.29, 1.82) is 0 Å². The van der Waals surface area contributed by atoms with Crippen LogP contribution in [-0.2, 0) is 17.6 Å². The summed E-state index contributed by atoms with van der Waals surface area (Å²) in [7, 11) is 0. The molecule has 1 heterocycles. The standard InChI is InChI=1S/C8H10N2O2/c11-8(12)5-1-2-7-6(3-5)4-9-10-7/h4-5H,1-3H2,(H,9,10)(H,11,12). The molecule has 1 atom stereocenters. The smallest absolute Gasteiger partial charge is 0.306 e. The van der Waals surface area contributed by atoms with Crippen molar-refractivity contribution in [3.63, 3.8) is 0 Å². The van der Waals surface area contributed by atoms with Gasteiger partial charge in [0, 0.05) is 5.69 Å². The molecule has 0 aromatic carbocycles. The molecule has 0 spiro atoms. The number of carbonyl (C=O) groups is 1. The van der Waals surface area contributed by atoms with E-state index < -0.39 is 5.97 Å². The van der Waals surface area contributed by atoms with Crippen molar-refractivity contribution in [3.8, 4) is 0 Å². The minimum absolute atomic E-state index is 0.213. The molecule has 0 fully saturated rings. The number of hydrogen-bond donors (Lipinski definition) is 2. The van der Waals surface area contributed by atoms with E-state index in [-0.39, 0.29) is 5.92 Å². The maximum atomic E-state index is 10.7. The quantitative estimate of drug-likeness (QED) is 0.642. The van der Waals surface area contributed by atoms with Crippen LogP contribution in [0.25, 0.3) is 0 Å². The summed E-state index contributed by atoms with van der Waals surface area (Å²) in [5.74, 6) is -0.906. The summed E-state index contributed by atoms with van der Waals surface area (Å²) in [5, 5.41) is 15.5. The SMILES string of the molecule is O=C(O)C1CCc2[nH]ncc2C1. The molecule has 2 N–H and O–H groups in total. The second-order valence-corrected chi connectivity index (χ2v) is 3.15. The van der Waals surface area contributed by atoms with Gasteiger partial charge in [-0.05, 0) is 24.8 Å². The third kappa shape index (κ3) is 1.09. The zero-order valence-electron chi connectivity index (χ0n) is 6.58. The Morgan fingerprint density at radius 2 is 2.58 bits per heavy atom. The van der Waals surface area contributed by atoms with Crippen LogP contribution in [0.5, 0.6) is 0 Å². The lowest BCUT2D eigenvalue weighted by Gasteiger charge is -2.16. The first kappa shape index (κ1) is 7.34. The van der Waals surface area contributed by atoms with Crippen LogP contribution < -0.4 is 0 Å². The molecule has 0 saturated heterocycles. The molecule has 4 heteroatoms. The summed E-state index contributed by atoms with van der Waals surface area (Å²) in [5.41, 5.74) is 2.17. The average Bonchev–Trinajstić information content (AvgIpc) is 2.49. The van der Waals surface area contributed by atoms with Crippen LogP contribution in [-0.4, -0.2) is 21.3 Å². The molecule has 64 valence electrons. The number of carboxylic acid groups (broad SMARTS) is 1. The zero-order chi connectivity index (χ0) is 8.55. The largest absolute Gasteiger partial charge is 0.481 e. The molecule has 12 heavy (non-hydrogen) atoms. The van der Waals surface area contributed by atoms with Crippen molar-refractivity contribution in [2.24, 2.45) is 5.92 Å². The number of H-pyrrole nitrogens is 1. The van der Waals surface area contributed by atoms with Gasteiger partial charge in [0.25, 0.3) is 0 Å². The van der Waals surface area contributed by atoms with E-state index in [0.29, 0.717) is 6.42 Å². The number of aliphatic carboxylic acids is 1. The van der Waals surface area contributed by atoms with E-state index in [0.717, 1.165) is 24.1 Å². The Morgan fingerprint density at radius 3 is 3.33 bits per heavy atom. The number of aromatic amines is 1. The van der Waals surface area contributed by atoms with Gasteiger partial charge in [-0.3, -0.25) is 9.89 Å². The summed E-state index contributed by atoms with van der Waals surface area (Å²) < 4.78 is 0. The lowest BCUT2D eigenvalue weighted by Crippen LogP contribution is -2.21. The number of rotatable bonds is 1. The summed E-state index contributed by atoms with van der Waals surface area (Å²) >= 11 is 0. The van der Waals surface area contributed by atoms with Gasteiger partial charge in [0.05, 0.1) is 12.1 Å². The molecular formula is C8H10N2O2. The molecule has 0 bridgehead atoms. The molecular weight excluding hydrogens is 156 g/mol. The monoisotopic (exact) mass is 166 g/mol. The van der Waals surface area contributed by atoms with Crippen molar-refractivity contribution in [2.75, 3.05) is 0 Å². The number of aryl methyl sites for hydroxylation is 1. The fourth-order valence-electron chi connectivity index (χ4n) is 1.63. The lowest BCUT2D eigenvalue weighted by atomic mass is 9.88. The molecule has 2 rings (SSSR count). The molecule has 0 saturated carbocycles. The van der Waals surface area contributed by atoms with Gasteiger partial charge in [-0.15, -0.1) is 0 Å². The van der Waals surface area contributed by atoms with E-state index in [1.54, 1.807) is 6.20 Å². The molecule has 1 aromatic rings. The highest BCUT2D eigenvalue weighted by atomic mass is 16.4. The topological polar surface area (TPSA) is 66.0 Å². The second kappa shape index (κ2) is 2.62. The van der Waals surface area contributed by atoms with Gasteiger partial charge in [0.2, 0.25) is 0 Å². The summed E-state index contributed by atoms with van der Waals surface area (Å²) in [6, 6.07) is 0. The maximum absolute atomic E-state index is 10.7. The normalized spacial score (nSPS) is 21.8. The van der Waals surface area contributed by atoms with E-state index in [1.165, 1.54) is 0 Å². The van der Waals surface area contributed by atoms with Crippen molar-refractivity contribution in [2.45, 2.75) is 19.3 Å². The van der Waals surface area contributed by atoms with Crippen LogP contribution in [0.1, 0.15) is 17.7 Å². The highest BCUT2D eigenvalue weighted by molar-refractivity contribution is 5.70. The Kier molecular flexibility index (Phi) is 1.60. The molecule has 0 aliphatic heterocycles. The Bertz CT molecular complexity index is 306. The minimum atomic E-state index is -0.693. The Labute approximate surface area is 69.6 Å². The first-order valence-corrected chi connectivity index (χ1v) is 4.01. The van der Waals surface area contributed by atoms with E-state index in [9.17, 15) is 4.79 Å². The van der Waals surface area contributed by atoms with Crippen LogP contribution in [0, 0.1) is 5.92 Å². The highest BCUT2D eigenvalue weighted by Crippen LogP contribution is 2.23. The molecule has 0 amide bonds. The van der Waals surface area contributed by atoms with Crippen molar-refractivity contribution >= 4 is 5.97 Å². The fraction of sp³-hybridized carbons (Fsp3) is 0.500.